The lowest BCUT2D eigenvalue weighted by atomic mass is 10.0. The Bertz CT molecular complexity index is 2110. The average molecular weight is 580 g/mol. The van der Waals surface area contributed by atoms with E-state index in [0.29, 0.717) is 5.42 Å². The van der Waals surface area contributed by atoms with Crippen LogP contribution in [0.4, 0.5) is 17.1 Å². The molecule has 1 heterocycles. The standard InChI is InChI=1S/C43H33NO/c1-3-4-16-40-31(2)45-43-41(17-11-18-42(40)43)36-23-29-39(30-24-36)44(37-25-19-34(20-26-37)32-12-7-5-8-13-32)38-27-21-35(22-28-38)33-14-9-6-10-15-33/h3-30H,2H2,1H3/b4-3-,40-16+. The van der Waals surface area contributed by atoms with E-state index in [1.165, 1.54) is 22.3 Å². The monoisotopic (exact) mass is 579 g/mol. The Labute approximate surface area is 264 Å². The number of para-hydroxylation sites is 1. The third kappa shape index (κ3) is 5.62. The summed E-state index contributed by atoms with van der Waals surface area (Å²) < 4.78 is 6.21. The van der Waals surface area contributed by atoms with Gasteiger partial charge in [0.15, 0.2) is 0 Å². The van der Waals surface area contributed by atoms with Crippen molar-refractivity contribution in [2.24, 2.45) is 0 Å². The van der Waals surface area contributed by atoms with Crippen LogP contribution in [0, 0.1) is 0 Å². The van der Waals surface area contributed by atoms with Gasteiger partial charge in [0.05, 0.1) is 0 Å². The zero-order chi connectivity index (χ0) is 30.6. The number of hydrogen-bond donors (Lipinski definition) is 0. The molecule has 0 fully saturated rings. The van der Waals surface area contributed by atoms with Gasteiger partial charge in [0.1, 0.15) is 11.0 Å². The summed E-state index contributed by atoms with van der Waals surface area (Å²) in [6.07, 6.45) is 6.09. The molecule has 0 N–H and O–H groups in total. The van der Waals surface area contributed by atoms with Crippen LogP contribution in [-0.4, -0.2) is 0 Å². The number of benzene rings is 6. The van der Waals surface area contributed by atoms with Crippen LogP contribution >= 0.6 is 0 Å². The van der Waals surface area contributed by atoms with E-state index in [-0.39, 0.29) is 0 Å². The smallest absolute Gasteiger partial charge is 0.143 e. The summed E-state index contributed by atoms with van der Waals surface area (Å²) in [5.74, 6) is 0. The summed E-state index contributed by atoms with van der Waals surface area (Å²) in [5, 5.41) is 2.09. The van der Waals surface area contributed by atoms with Crippen molar-refractivity contribution in [1.29, 1.82) is 0 Å². The molecule has 0 spiro atoms. The van der Waals surface area contributed by atoms with Crippen molar-refractivity contribution in [1.82, 2.24) is 0 Å². The first-order valence-electron chi connectivity index (χ1n) is 15.2. The van der Waals surface area contributed by atoms with E-state index in [0.717, 1.165) is 44.4 Å². The van der Waals surface area contributed by atoms with Crippen LogP contribution in [0.15, 0.2) is 168 Å². The first-order valence-corrected chi connectivity index (χ1v) is 15.2. The van der Waals surface area contributed by atoms with E-state index < -0.39 is 0 Å². The minimum atomic E-state index is 0.677. The Morgan fingerprint density at radius 2 is 0.978 bits per heavy atom. The number of hydrogen-bond acceptors (Lipinski definition) is 2. The summed E-state index contributed by atoms with van der Waals surface area (Å²) >= 11 is 0. The minimum Gasteiger partial charge on any atom is -0.456 e. The highest BCUT2D eigenvalue weighted by Crippen LogP contribution is 2.38. The number of allylic oxidation sites excluding steroid dienone is 2. The first-order chi connectivity index (χ1) is 22.2. The summed E-state index contributed by atoms with van der Waals surface area (Å²) in [5.41, 5.74) is 11.7. The molecule has 0 saturated carbocycles. The second-order valence-corrected chi connectivity index (χ2v) is 11.0. The van der Waals surface area contributed by atoms with Gasteiger partial charge >= 0.3 is 0 Å². The minimum absolute atomic E-state index is 0.677. The van der Waals surface area contributed by atoms with Crippen molar-refractivity contribution in [3.63, 3.8) is 0 Å². The van der Waals surface area contributed by atoms with Crippen LogP contribution in [0.3, 0.4) is 0 Å². The molecule has 1 aromatic heterocycles. The highest BCUT2D eigenvalue weighted by Gasteiger charge is 2.15. The predicted molar refractivity (Wildman–Crippen MR) is 191 cm³/mol. The van der Waals surface area contributed by atoms with Crippen LogP contribution in [0.1, 0.15) is 6.92 Å². The molecule has 7 aromatic rings. The molecule has 6 aromatic carbocycles. The lowest BCUT2D eigenvalue weighted by molar-refractivity contribution is 0.578. The van der Waals surface area contributed by atoms with Gasteiger partial charge in [-0.3, -0.25) is 0 Å². The highest BCUT2D eigenvalue weighted by atomic mass is 16.3. The SMILES string of the molecule is C=c1oc2c(-c3ccc(N(c4ccc(-c5ccccc5)cc4)c4ccc(-c5ccccc5)cc4)cc3)cccc2/c1=C/C=C\C. The van der Waals surface area contributed by atoms with E-state index in [1.807, 2.05) is 31.2 Å². The summed E-state index contributed by atoms with van der Waals surface area (Å²) in [6, 6.07) is 53.6. The van der Waals surface area contributed by atoms with E-state index in [1.54, 1.807) is 0 Å². The van der Waals surface area contributed by atoms with Gasteiger partial charge < -0.3 is 9.32 Å². The van der Waals surface area contributed by atoms with Gasteiger partial charge in [-0.25, -0.2) is 0 Å². The van der Waals surface area contributed by atoms with Crippen molar-refractivity contribution >= 4 is 40.7 Å². The maximum absolute atomic E-state index is 6.21. The summed E-state index contributed by atoms with van der Waals surface area (Å²) in [6.45, 7) is 6.17. The Kier molecular flexibility index (Phi) is 7.70. The zero-order valence-electron chi connectivity index (χ0n) is 25.2. The molecule has 0 saturated heterocycles. The van der Waals surface area contributed by atoms with Gasteiger partial charge in [-0.1, -0.05) is 140 Å². The second-order valence-electron chi connectivity index (χ2n) is 11.0. The van der Waals surface area contributed by atoms with Crippen molar-refractivity contribution in [2.45, 2.75) is 6.92 Å². The molecule has 0 bridgehead atoms. The Hall–Kier alpha value is -5.86. The van der Waals surface area contributed by atoms with Crippen LogP contribution in [-0.2, 0) is 0 Å². The molecule has 0 amide bonds. The molecular formula is C43H33NO. The van der Waals surface area contributed by atoms with Gasteiger partial charge in [0.25, 0.3) is 0 Å². The largest absolute Gasteiger partial charge is 0.456 e. The lowest BCUT2D eigenvalue weighted by Gasteiger charge is -2.26. The molecule has 0 unspecified atom stereocenters. The van der Waals surface area contributed by atoms with Gasteiger partial charge in [-0.05, 0) is 71.1 Å². The maximum atomic E-state index is 6.21. The highest BCUT2D eigenvalue weighted by molar-refractivity contribution is 5.94. The van der Waals surface area contributed by atoms with E-state index in [2.05, 4.69) is 157 Å². The van der Waals surface area contributed by atoms with Crippen LogP contribution in [0.25, 0.3) is 57.0 Å². The van der Waals surface area contributed by atoms with Crippen molar-refractivity contribution in [3.05, 3.63) is 174 Å². The normalized spacial score (nSPS) is 11.8. The van der Waals surface area contributed by atoms with E-state index in [9.17, 15) is 0 Å². The van der Waals surface area contributed by atoms with Gasteiger partial charge in [-0.15, -0.1) is 0 Å². The number of anilines is 3. The molecule has 2 nitrogen and oxygen atoms in total. The maximum Gasteiger partial charge on any atom is 0.143 e. The molecule has 45 heavy (non-hydrogen) atoms. The molecule has 0 aliphatic rings. The van der Waals surface area contributed by atoms with Gasteiger partial charge in [-0.2, -0.15) is 0 Å². The van der Waals surface area contributed by atoms with Gasteiger partial charge in [0.2, 0.25) is 0 Å². The van der Waals surface area contributed by atoms with E-state index in [4.69, 9.17) is 4.42 Å². The third-order valence-electron chi connectivity index (χ3n) is 8.19. The van der Waals surface area contributed by atoms with Gasteiger partial charge in [0, 0.05) is 33.2 Å². The second kappa shape index (κ2) is 12.4. The Morgan fingerprint density at radius 1 is 0.511 bits per heavy atom. The van der Waals surface area contributed by atoms with Crippen molar-refractivity contribution in [2.75, 3.05) is 4.90 Å². The number of nitrogens with zero attached hydrogens (tertiary/aromatic N) is 1. The van der Waals surface area contributed by atoms with Crippen LogP contribution in [0.2, 0.25) is 0 Å². The quantitative estimate of drug-likeness (QED) is 0.187. The molecule has 7 rings (SSSR count). The van der Waals surface area contributed by atoms with E-state index >= 15 is 0 Å². The molecule has 216 valence electrons. The fourth-order valence-electron chi connectivity index (χ4n) is 5.89. The molecule has 2 heteroatoms. The molecule has 0 aliphatic carbocycles. The molecular weight excluding hydrogens is 546 g/mol. The summed E-state index contributed by atoms with van der Waals surface area (Å²) in [4.78, 5) is 2.30. The Morgan fingerprint density at radius 3 is 1.47 bits per heavy atom. The number of fused-ring (bicyclic) bond motifs is 1. The topological polar surface area (TPSA) is 16.4 Å². The summed E-state index contributed by atoms with van der Waals surface area (Å²) in [7, 11) is 0. The first kappa shape index (κ1) is 27.9. The van der Waals surface area contributed by atoms with Crippen molar-refractivity contribution in [3.8, 4) is 33.4 Å². The number of furan rings is 1. The lowest BCUT2D eigenvalue weighted by Crippen LogP contribution is -2.17. The molecule has 0 aliphatic heterocycles. The molecule has 0 atom stereocenters. The fraction of sp³-hybridized carbons (Fsp3) is 0.0233. The van der Waals surface area contributed by atoms with Crippen LogP contribution < -0.4 is 15.5 Å². The fourth-order valence-corrected chi connectivity index (χ4v) is 5.89. The predicted octanol–water partition coefficient (Wildman–Crippen LogP) is 10.7. The zero-order valence-corrected chi connectivity index (χ0v) is 25.2. The average Bonchev–Trinajstić information content (AvgIpc) is 3.44. The van der Waals surface area contributed by atoms with Crippen molar-refractivity contribution < 1.29 is 4.42 Å². The van der Waals surface area contributed by atoms with Crippen LogP contribution in [0.5, 0.6) is 0 Å². The number of rotatable bonds is 7. The third-order valence-corrected chi connectivity index (χ3v) is 8.19. The Balaban J connectivity index is 1.29. The molecule has 0 radical (unpaired) electrons.